The number of halogens is 1. The third-order valence-corrected chi connectivity index (χ3v) is 5.98. The number of hydrogen-bond acceptors (Lipinski definition) is 6. The molecule has 10 heteroatoms. The van der Waals surface area contributed by atoms with Crippen molar-refractivity contribution in [2.45, 2.75) is 38.0 Å². The molecule has 3 atom stereocenters. The lowest BCUT2D eigenvalue weighted by Gasteiger charge is -2.24. The third kappa shape index (κ3) is 4.98. The molecule has 0 unspecified atom stereocenters. The van der Waals surface area contributed by atoms with Gasteiger partial charge in [-0.15, -0.1) is 0 Å². The summed E-state index contributed by atoms with van der Waals surface area (Å²) in [6.45, 7) is 0.285. The number of rotatable bonds is 8. The highest BCUT2D eigenvalue weighted by Gasteiger charge is 2.49. The summed E-state index contributed by atoms with van der Waals surface area (Å²) in [6.07, 6.45) is 1.12. The van der Waals surface area contributed by atoms with Crippen molar-refractivity contribution in [2.24, 2.45) is 10.5 Å². The molecule has 2 N–H and O–H groups in total. The van der Waals surface area contributed by atoms with E-state index in [9.17, 15) is 19.4 Å². The lowest BCUT2D eigenvalue weighted by Crippen LogP contribution is -2.31. The van der Waals surface area contributed by atoms with Crippen LogP contribution in [0.2, 0.25) is 0 Å². The summed E-state index contributed by atoms with van der Waals surface area (Å²) in [5.41, 5.74) is 9.51. The number of carboxylic acid groups (broad SMARTS) is 1. The topological polar surface area (TPSA) is 141 Å². The molecule has 0 amide bonds. The van der Waals surface area contributed by atoms with Gasteiger partial charge in [0, 0.05) is 4.91 Å². The first kappa shape index (κ1) is 23.2. The normalized spacial score (nSPS) is 21.6. The molecule has 0 bridgehead atoms. The summed E-state index contributed by atoms with van der Waals surface area (Å²) in [5.74, 6) is -0.970. The lowest BCUT2D eigenvalue weighted by atomic mass is 9.79. The number of benzene rings is 2. The van der Waals surface area contributed by atoms with E-state index in [1.54, 1.807) is 18.2 Å². The molecule has 0 spiro atoms. The van der Waals surface area contributed by atoms with Gasteiger partial charge in [0.15, 0.2) is 11.6 Å². The molecule has 4 rings (SSSR count). The van der Waals surface area contributed by atoms with Crippen LogP contribution in [-0.4, -0.2) is 38.3 Å². The highest BCUT2D eigenvalue weighted by atomic mass is 19.1. The lowest BCUT2D eigenvalue weighted by molar-refractivity contribution is -0.149. The summed E-state index contributed by atoms with van der Waals surface area (Å²) in [7, 11) is 0. The van der Waals surface area contributed by atoms with Crippen molar-refractivity contribution in [3.63, 3.8) is 0 Å². The third-order valence-electron chi connectivity index (χ3n) is 5.98. The first-order valence-corrected chi connectivity index (χ1v) is 10.6. The molecule has 1 aromatic heterocycles. The van der Waals surface area contributed by atoms with Crippen LogP contribution in [0.15, 0.2) is 66.0 Å². The van der Waals surface area contributed by atoms with Crippen molar-refractivity contribution in [2.75, 3.05) is 0 Å². The zero-order valence-corrected chi connectivity index (χ0v) is 18.1. The first-order valence-electron chi connectivity index (χ1n) is 10.6. The zero-order valence-electron chi connectivity index (χ0n) is 18.1. The summed E-state index contributed by atoms with van der Waals surface area (Å²) in [4.78, 5) is 23.1. The van der Waals surface area contributed by atoms with E-state index in [1.807, 2.05) is 30.3 Å². The van der Waals surface area contributed by atoms with Gasteiger partial charge in [0.25, 0.3) is 0 Å². The van der Waals surface area contributed by atoms with Crippen LogP contribution in [0, 0.1) is 11.2 Å². The largest absolute Gasteiger partial charge is 0.488 e. The van der Waals surface area contributed by atoms with Gasteiger partial charge in [0.05, 0.1) is 35.5 Å². The molecule has 34 heavy (non-hydrogen) atoms. The minimum Gasteiger partial charge on any atom is -0.488 e. The van der Waals surface area contributed by atoms with E-state index in [0.29, 0.717) is 16.9 Å². The molecule has 0 saturated heterocycles. The fraction of sp³-hybridized carbons (Fsp3) is 0.292. The molecule has 1 saturated carbocycles. The van der Waals surface area contributed by atoms with Crippen molar-refractivity contribution in [3.8, 4) is 17.1 Å². The van der Waals surface area contributed by atoms with Gasteiger partial charge >= 0.3 is 5.97 Å². The Morgan fingerprint density at radius 2 is 1.91 bits per heavy atom. The number of nitrogens with zero attached hydrogens (tertiary/aromatic N) is 5. The van der Waals surface area contributed by atoms with Crippen LogP contribution in [0.4, 0.5) is 4.39 Å². The van der Waals surface area contributed by atoms with E-state index in [0.717, 1.165) is 18.0 Å². The van der Waals surface area contributed by atoms with Crippen molar-refractivity contribution < 1.29 is 24.1 Å². The van der Waals surface area contributed by atoms with Gasteiger partial charge < -0.3 is 14.9 Å². The van der Waals surface area contributed by atoms with Crippen molar-refractivity contribution in [3.05, 3.63) is 88.3 Å². The van der Waals surface area contributed by atoms with Gasteiger partial charge in [-0.1, -0.05) is 41.5 Å². The average molecular weight is 463 g/mol. The molecule has 3 aromatic rings. The molecular weight excluding hydrogens is 441 g/mol. The fourth-order valence-electron chi connectivity index (χ4n) is 4.30. The molecule has 0 radical (unpaired) electrons. The van der Waals surface area contributed by atoms with Crippen molar-refractivity contribution in [1.29, 1.82) is 0 Å². The number of aliphatic hydroxyl groups excluding tert-OH is 1. The molecule has 1 aliphatic carbocycles. The number of hydrogen-bond donors (Lipinski definition) is 2. The predicted molar refractivity (Wildman–Crippen MR) is 120 cm³/mol. The fourth-order valence-corrected chi connectivity index (χ4v) is 4.30. The number of aliphatic carboxylic acids is 1. The minimum absolute atomic E-state index is 0.0161. The maximum absolute atomic E-state index is 13.4. The van der Waals surface area contributed by atoms with Gasteiger partial charge in [-0.25, -0.2) is 14.4 Å². The molecule has 1 heterocycles. The number of aliphatic hydroxyl groups is 1. The number of carboxylic acids is 1. The van der Waals surface area contributed by atoms with Gasteiger partial charge in [0.2, 0.25) is 0 Å². The number of carbonyl (C=O) groups is 1. The Hall–Kier alpha value is -4.01. The molecule has 1 aliphatic rings. The standard InChI is InChI=1S/C24H22FN5O4/c25-17-12-27-22(28-13-17)18-8-16(6-7-21(18)34-14-15-4-2-1-3-5-15)9-24(23(32)33)10-19(29-30-26)20(31)11-24/h1-8,12-13,19-20,31H,9-11,14H2,(H,32,33)/t19-,20-,24-/m1/s1. The molecule has 1 fully saturated rings. The Kier molecular flexibility index (Phi) is 6.72. The Labute approximate surface area is 194 Å². The predicted octanol–water partition coefficient (Wildman–Crippen LogP) is 4.31. The van der Waals surface area contributed by atoms with Crippen LogP contribution in [0.1, 0.15) is 24.0 Å². The Balaban J connectivity index is 1.67. The van der Waals surface area contributed by atoms with Crippen LogP contribution in [-0.2, 0) is 17.8 Å². The summed E-state index contributed by atoms with van der Waals surface area (Å²) >= 11 is 0. The van der Waals surface area contributed by atoms with Crippen LogP contribution in [0.3, 0.4) is 0 Å². The Morgan fingerprint density at radius 1 is 1.18 bits per heavy atom. The van der Waals surface area contributed by atoms with E-state index >= 15 is 0 Å². The van der Waals surface area contributed by atoms with Gasteiger partial charge in [-0.3, -0.25) is 4.79 Å². The SMILES string of the molecule is [N-]=[N+]=N[C@@H]1C[C@@](Cc2ccc(OCc3ccccc3)c(-c3ncc(F)cn3)c2)(C(=O)O)C[C@H]1O. The summed E-state index contributed by atoms with van der Waals surface area (Å²) in [6, 6.07) is 13.9. The van der Waals surface area contributed by atoms with Crippen LogP contribution in [0.5, 0.6) is 5.75 Å². The second kappa shape index (κ2) is 9.86. The number of ether oxygens (including phenoxy) is 1. The molecule has 9 nitrogen and oxygen atoms in total. The Bertz CT molecular complexity index is 1220. The zero-order chi connectivity index (χ0) is 24.1. The molecule has 0 aliphatic heterocycles. The maximum Gasteiger partial charge on any atom is 0.310 e. The molecule has 174 valence electrons. The van der Waals surface area contributed by atoms with Crippen LogP contribution >= 0.6 is 0 Å². The Morgan fingerprint density at radius 3 is 2.59 bits per heavy atom. The highest BCUT2D eigenvalue weighted by molar-refractivity contribution is 5.76. The number of azide groups is 1. The summed E-state index contributed by atoms with van der Waals surface area (Å²) in [5, 5.41) is 23.8. The quantitative estimate of drug-likeness (QED) is 0.290. The molecule has 2 aromatic carbocycles. The first-order chi connectivity index (χ1) is 16.4. The highest BCUT2D eigenvalue weighted by Crippen LogP contribution is 2.44. The molecular formula is C24H22FN5O4. The minimum atomic E-state index is -1.30. The van der Waals surface area contributed by atoms with Gasteiger partial charge in [-0.05, 0) is 48.1 Å². The second-order valence-electron chi connectivity index (χ2n) is 8.34. The monoisotopic (exact) mass is 463 g/mol. The van der Waals surface area contributed by atoms with Crippen molar-refractivity contribution in [1.82, 2.24) is 9.97 Å². The van der Waals surface area contributed by atoms with Crippen LogP contribution in [0.25, 0.3) is 21.8 Å². The maximum atomic E-state index is 13.4. The van der Waals surface area contributed by atoms with E-state index < -0.39 is 29.3 Å². The van der Waals surface area contributed by atoms with Gasteiger partial charge in [-0.2, -0.15) is 0 Å². The van der Waals surface area contributed by atoms with E-state index in [-0.39, 0.29) is 31.7 Å². The average Bonchev–Trinajstić information content (AvgIpc) is 3.15. The second-order valence-corrected chi connectivity index (χ2v) is 8.34. The summed E-state index contributed by atoms with van der Waals surface area (Å²) < 4.78 is 19.4. The van der Waals surface area contributed by atoms with E-state index in [2.05, 4.69) is 20.0 Å². The van der Waals surface area contributed by atoms with Crippen LogP contribution < -0.4 is 4.74 Å². The smallest absolute Gasteiger partial charge is 0.310 e. The van der Waals surface area contributed by atoms with Crippen molar-refractivity contribution >= 4 is 5.97 Å². The van der Waals surface area contributed by atoms with E-state index in [1.165, 1.54) is 0 Å². The number of aromatic nitrogens is 2. The van der Waals surface area contributed by atoms with Gasteiger partial charge in [0.1, 0.15) is 12.4 Å². The van der Waals surface area contributed by atoms with E-state index in [4.69, 9.17) is 10.3 Å².